The summed E-state index contributed by atoms with van der Waals surface area (Å²) in [4.78, 5) is 28.9. The van der Waals surface area contributed by atoms with Gasteiger partial charge in [0.05, 0.1) is 18.1 Å². The van der Waals surface area contributed by atoms with E-state index in [-0.39, 0.29) is 37.5 Å². The first-order valence-corrected chi connectivity index (χ1v) is 15.5. The Hall–Kier alpha value is -3.84. The Bertz CT molecular complexity index is 1440. The third kappa shape index (κ3) is 9.82. The standard InChI is InChI=1S/C36H45F2N3O4/c1-4-12-41(13-5-2)34(44)29-15-25(3)21-36(22-29,35(39)45)32(19-28-17-30(37)20-31(38)18-28)33(43)24-40-23-27-11-8-10-26(16-27)9-6-7-14-42/h8,10-11,15-18,20-21,32-33,40,42-43H,4-5,7,12-14,19,22-24H2,1-3H3,(H2,39,45)/t32-,33+,36?/m1/s1. The number of amides is 2. The van der Waals surface area contributed by atoms with Crippen molar-refractivity contribution in [2.45, 2.75) is 65.5 Å². The number of allylic oxidation sites excluding steroid dienone is 2. The minimum Gasteiger partial charge on any atom is -0.395 e. The van der Waals surface area contributed by atoms with Crippen molar-refractivity contribution in [3.8, 4) is 11.8 Å². The molecule has 242 valence electrons. The highest BCUT2D eigenvalue weighted by Gasteiger charge is 2.48. The minimum atomic E-state index is -1.50. The monoisotopic (exact) mass is 621 g/mol. The summed E-state index contributed by atoms with van der Waals surface area (Å²) in [5, 5.41) is 23.9. The van der Waals surface area contributed by atoms with Crippen LogP contribution in [0.25, 0.3) is 0 Å². The quantitative estimate of drug-likeness (QED) is 0.220. The van der Waals surface area contributed by atoms with E-state index in [2.05, 4.69) is 17.2 Å². The van der Waals surface area contributed by atoms with E-state index in [1.165, 1.54) is 12.1 Å². The van der Waals surface area contributed by atoms with Crippen molar-refractivity contribution in [3.05, 3.63) is 94.1 Å². The number of carbonyl (C=O) groups excluding carboxylic acids is 2. The summed E-state index contributed by atoms with van der Waals surface area (Å²) in [7, 11) is 0. The molecule has 2 aromatic carbocycles. The molecule has 0 spiro atoms. The lowest BCUT2D eigenvalue weighted by Crippen LogP contribution is -2.51. The van der Waals surface area contributed by atoms with Crippen LogP contribution >= 0.6 is 0 Å². The first kappa shape index (κ1) is 35.6. The molecule has 3 atom stereocenters. The van der Waals surface area contributed by atoms with Gasteiger partial charge in [-0.2, -0.15) is 0 Å². The Morgan fingerprint density at radius 2 is 1.78 bits per heavy atom. The SMILES string of the molecule is CCCN(CCC)C(=O)C1=CC(C)=CC(C(N)=O)([C@H](Cc2cc(F)cc(F)c2)[C@@H](O)CNCc2cccc(C#CCCO)c2)C1. The highest BCUT2D eigenvalue weighted by Crippen LogP contribution is 2.44. The minimum absolute atomic E-state index is 0.0156. The second-order valence-electron chi connectivity index (χ2n) is 11.7. The Morgan fingerprint density at radius 1 is 1.09 bits per heavy atom. The van der Waals surface area contributed by atoms with Gasteiger partial charge in [0.15, 0.2) is 0 Å². The molecular weight excluding hydrogens is 576 g/mol. The Kier molecular flexibility index (Phi) is 13.5. The van der Waals surface area contributed by atoms with Gasteiger partial charge >= 0.3 is 0 Å². The van der Waals surface area contributed by atoms with E-state index in [0.29, 0.717) is 37.2 Å². The number of nitrogens with zero attached hydrogens (tertiary/aromatic N) is 1. The number of rotatable bonds is 15. The molecule has 0 bridgehead atoms. The number of nitrogens with two attached hydrogens (primary N) is 1. The highest BCUT2D eigenvalue weighted by molar-refractivity contribution is 5.97. The Labute approximate surface area is 265 Å². The number of hydrogen-bond acceptors (Lipinski definition) is 5. The lowest BCUT2D eigenvalue weighted by atomic mass is 9.63. The van der Waals surface area contributed by atoms with Crippen LogP contribution in [0.3, 0.4) is 0 Å². The number of aliphatic hydroxyl groups is 2. The molecule has 0 aliphatic heterocycles. The molecule has 5 N–H and O–H groups in total. The first-order valence-electron chi connectivity index (χ1n) is 15.5. The molecule has 0 fully saturated rings. The van der Waals surface area contributed by atoms with Gasteiger partial charge in [-0.1, -0.05) is 55.5 Å². The summed E-state index contributed by atoms with van der Waals surface area (Å²) in [6.07, 6.45) is 4.06. The molecule has 1 aliphatic carbocycles. The average molecular weight is 622 g/mol. The van der Waals surface area contributed by atoms with E-state index in [9.17, 15) is 23.5 Å². The number of primary amides is 1. The first-order chi connectivity index (χ1) is 21.5. The van der Waals surface area contributed by atoms with E-state index in [1.54, 1.807) is 24.0 Å². The topological polar surface area (TPSA) is 116 Å². The molecular formula is C36H45F2N3O4. The van der Waals surface area contributed by atoms with Crippen LogP contribution in [0.2, 0.25) is 0 Å². The maximum atomic E-state index is 14.3. The van der Waals surface area contributed by atoms with E-state index >= 15 is 0 Å². The van der Waals surface area contributed by atoms with Gasteiger partial charge in [-0.05, 0) is 68.0 Å². The van der Waals surface area contributed by atoms with E-state index < -0.39 is 35.0 Å². The number of aliphatic hydroxyl groups excluding tert-OH is 2. The summed E-state index contributed by atoms with van der Waals surface area (Å²) < 4.78 is 28.5. The van der Waals surface area contributed by atoms with Crippen molar-refractivity contribution in [2.75, 3.05) is 26.2 Å². The summed E-state index contributed by atoms with van der Waals surface area (Å²) in [5.74, 6) is 2.51. The molecule has 1 aliphatic rings. The van der Waals surface area contributed by atoms with Crippen LogP contribution in [-0.2, 0) is 22.6 Å². The fourth-order valence-electron chi connectivity index (χ4n) is 6.04. The summed E-state index contributed by atoms with van der Waals surface area (Å²) >= 11 is 0. The largest absolute Gasteiger partial charge is 0.395 e. The number of halogens is 2. The molecule has 0 saturated carbocycles. The van der Waals surface area contributed by atoms with Crippen LogP contribution in [0.5, 0.6) is 0 Å². The van der Waals surface area contributed by atoms with Gasteiger partial charge in [-0.15, -0.1) is 0 Å². The third-order valence-corrected chi connectivity index (χ3v) is 7.96. The van der Waals surface area contributed by atoms with Gasteiger partial charge in [0, 0.05) is 55.7 Å². The van der Waals surface area contributed by atoms with Crippen molar-refractivity contribution in [3.63, 3.8) is 0 Å². The molecule has 3 rings (SSSR count). The maximum absolute atomic E-state index is 14.3. The zero-order valence-corrected chi connectivity index (χ0v) is 26.4. The van der Waals surface area contributed by atoms with Crippen LogP contribution < -0.4 is 11.1 Å². The van der Waals surface area contributed by atoms with Crippen molar-refractivity contribution < 1.29 is 28.6 Å². The van der Waals surface area contributed by atoms with Crippen molar-refractivity contribution in [1.82, 2.24) is 10.2 Å². The van der Waals surface area contributed by atoms with Crippen molar-refractivity contribution in [1.29, 1.82) is 0 Å². The fourth-order valence-corrected chi connectivity index (χ4v) is 6.04. The number of hydrogen-bond donors (Lipinski definition) is 4. The second kappa shape index (κ2) is 17.0. The van der Waals surface area contributed by atoms with Gasteiger partial charge < -0.3 is 26.2 Å². The van der Waals surface area contributed by atoms with Crippen molar-refractivity contribution >= 4 is 11.8 Å². The molecule has 45 heavy (non-hydrogen) atoms. The maximum Gasteiger partial charge on any atom is 0.249 e. The molecule has 7 nitrogen and oxygen atoms in total. The Morgan fingerprint density at radius 3 is 2.40 bits per heavy atom. The third-order valence-electron chi connectivity index (χ3n) is 7.96. The van der Waals surface area contributed by atoms with Gasteiger partial charge in [0.2, 0.25) is 11.8 Å². The Balaban J connectivity index is 1.94. The number of benzene rings is 2. The number of carbonyl (C=O) groups is 2. The second-order valence-corrected chi connectivity index (χ2v) is 11.7. The van der Waals surface area contributed by atoms with E-state index in [0.717, 1.165) is 30.0 Å². The zero-order valence-electron chi connectivity index (χ0n) is 26.4. The van der Waals surface area contributed by atoms with Crippen LogP contribution in [-0.4, -0.2) is 59.3 Å². The lowest BCUT2D eigenvalue weighted by molar-refractivity contribution is -0.132. The molecule has 2 amide bonds. The average Bonchev–Trinajstić information content (AvgIpc) is 2.99. The van der Waals surface area contributed by atoms with E-state index in [1.807, 2.05) is 38.1 Å². The molecule has 2 aromatic rings. The van der Waals surface area contributed by atoms with Crippen LogP contribution in [0.15, 0.2) is 65.8 Å². The van der Waals surface area contributed by atoms with Crippen molar-refractivity contribution in [2.24, 2.45) is 17.1 Å². The van der Waals surface area contributed by atoms with Crippen LogP contribution in [0.4, 0.5) is 8.78 Å². The normalized spacial score (nSPS) is 17.4. The van der Waals surface area contributed by atoms with Gasteiger partial charge in [-0.25, -0.2) is 8.78 Å². The molecule has 0 radical (unpaired) electrons. The lowest BCUT2D eigenvalue weighted by Gasteiger charge is -2.42. The fraction of sp³-hybridized carbons (Fsp3) is 0.444. The summed E-state index contributed by atoms with van der Waals surface area (Å²) in [6, 6.07) is 10.7. The predicted octanol–water partition coefficient (Wildman–Crippen LogP) is 4.40. The van der Waals surface area contributed by atoms with Crippen LogP contribution in [0.1, 0.15) is 63.1 Å². The van der Waals surface area contributed by atoms with Gasteiger partial charge in [0.25, 0.3) is 0 Å². The molecule has 1 unspecified atom stereocenters. The van der Waals surface area contributed by atoms with E-state index in [4.69, 9.17) is 10.8 Å². The number of nitrogens with one attached hydrogen (secondary N) is 1. The molecule has 9 heteroatoms. The predicted molar refractivity (Wildman–Crippen MR) is 172 cm³/mol. The zero-order chi connectivity index (χ0) is 33.0. The van der Waals surface area contributed by atoms with Crippen LogP contribution in [0, 0.1) is 34.8 Å². The molecule has 0 aromatic heterocycles. The van der Waals surface area contributed by atoms with Gasteiger partial charge in [-0.3, -0.25) is 9.59 Å². The summed E-state index contributed by atoms with van der Waals surface area (Å²) in [6.45, 7) is 7.26. The molecule has 0 heterocycles. The summed E-state index contributed by atoms with van der Waals surface area (Å²) in [5.41, 5.74) is 7.62. The molecule has 0 saturated heterocycles. The highest BCUT2D eigenvalue weighted by atomic mass is 19.1. The van der Waals surface area contributed by atoms with Gasteiger partial charge in [0.1, 0.15) is 11.6 Å². The smallest absolute Gasteiger partial charge is 0.249 e.